The Morgan fingerprint density at radius 1 is 1.69 bits per heavy atom. The Balaban J connectivity index is 2.41. The maximum absolute atomic E-state index is 11.5. The average molecular weight is 218 g/mol. The van der Waals surface area contributed by atoms with Gasteiger partial charge in [0.1, 0.15) is 0 Å². The molecule has 0 aliphatic carbocycles. The van der Waals surface area contributed by atoms with Crippen molar-refractivity contribution in [2.24, 2.45) is 0 Å². The molecule has 1 amide bonds. The van der Waals surface area contributed by atoms with Crippen LogP contribution in [0, 0.1) is 0 Å². The van der Waals surface area contributed by atoms with E-state index in [0.717, 1.165) is 5.56 Å². The molecule has 0 saturated carbocycles. The lowest BCUT2D eigenvalue weighted by atomic mass is 10.2. The summed E-state index contributed by atoms with van der Waals surface area (Å²) in [6.45, 7) is 0.616. The number of alkyl halides is 1. The van der Waals surface area contributed by atoms with Crippen molar-refractivity contribution < 1.29 is 4.79 Å². The molecule has 0 saturated heterocycles. The Morgan fingerprint density at radius 3 is 3.00 bits per heavy atom. The number of nitrogens with zero attached hydrogens (tertiary/aromatic N) is 1. The van der Waals surface area contributed by atoms with Crippen LogP contribution in [0.3, 0.4) is 0 Å². The summed E-state index contributed by atoms with van der Waals surface area (Å²) in [5, 5.41) is 3.97. The number of likely N-dealkylation sites (N-methyl/N-ethyl adjacent to an activating group) is 1. The highest BCUT2D eigenvalue weighted by atomic mass is 35.5. The van der Waals surface area contributed by atoms with Crippen molar-refractivity contribution in [3.8, 4) is 0 Å². The van der Waals surface area contributed by atoms with Crippen LogP contribution in [-0.2, 0) is 11.2 Å². The van der Waals surface area contributed by atoms with Gasteiger partial charge in [0.15, 0.2) is 0 Å². The summed E-state index contributed by atoms with van der Waals surface area (Å²) < 4.78 is 0. The zero-order valence-electron chi connectivity index (χ0n) is 7.50. The number of hydrogen-bond donors (Lipinski definition) is 0. The van der Waals surface area contributed by atoms with Gasteiger partial charge in [-0.3, -0.25) is 4.79 Å². The highest BCUT2D eigenvalue weighted by Crippen LogP contribution is 2.07. The fourth-order valence-corrected chi connectivity index (χ4v) is 1.88. The lowest BCUT2D eigenvalue weighted by Gasteiger charge is -2.14. The molecule has 0 unspecified atom stereocenters. The number of halogens is 1. The van der Waals surface area contributed by atoms with E-state index in [4.69, 9.17) is 11.6 Å². The second-order valence-corrected chi connectivity index (χ2v) is 3.97. The van der Waals surface area contributed by atoms with Crippen molar-refractivity contribution in [1.82, 2.24) is 4.90 Å². The van der Waals surface area contributed by atoms with Crippen LogP contribution in [0.1, 0.15) is 5.56 Å². The highest BCUT2D eigenvalue weighted by Gasteiger charge is 2.08. The van der Waals surface area contributed by atoms with Gasteiger partial charge in [-0.25, -0.2) is 0 Å². The van der Waals surface area contributed by atoms with Crippen molar-refractivity contribution in [1.29, 1.82) is 0 Å². The fraction of sp³-hybridized carbons (Fsp3) is 0.444. The predicted octanol–water partition coefficient (Wildman–Crippen LogP) is 1.99. The summed E-state index contributed by atoms with van der Waals surface area (Å²) in [5.41, 5.74) is 1.08. The van der Waals surface area contributed by atoms with Gasteiger partial charge >= 0.3 is 0 Å². The Kier molecular flexibility index (Phi) is 4.25. The molecule has 1 aromatic rings. The third-order valence-corrected chi connectivity index (χ3v) is 2.68. The Morgan fingerprint density at radius 2 is 2.46 bits per heavy atom. The van der Waals surface area contributed by atoms with Crippen molar-refractivity contribution >= 4 is 28.8 Å². The minimum atomic E-state index is 0.124. The zero-order valence-corrected chi connectivity index (χ0v) is 9.07. The Bertz CT molecular complexity index is 261. The molecule has 0 atom stereocenters. The van der Waals surface area contributed by atoms with Crippen LogP contribution in [-0.4, -0.2) is 30.3 Å². The summed E-state index contributed by atoms with van der Waals surface area (Å²) in [7, 11) is 1.77. The maximum atomic E-state index is 11.5. The van der Waals surface area contributed by atoms with Gasteiger partial charge in [-0.2, -0.15) is 11.3 Å². The molecule has 72 valence electrons. The van der Waals surface area contributed by atoms with E-state index in [-0.39, 0.29) is 5.91 Å². The van der Waals surface area contributed by atoms with Gasteiger partial charge in [0, 0.05) is 19.5 Å². The number of rotatable bonds is 4. The number of thiophene rings is 1. The van der Waals surface area contributed by atoms with Gasteiger partial charge in [-0.05, 0) is 22.4 Å². The molecule has 0 radical (unpaired) electrons. The van der Waals surface area contributed by atoms with E-state index in [0.29, 0.717) is 18.8 Å². The van der Waals surface area contributed by atoms with Crippen molar-refractivity contribution in [3.05, 3.63) is 22.4 Å². The summed E-state index contributed by atoms with van der Waals surface area (Å²) in [6.07, 6.45) is 0.483. The molecule has 1 aromatic heterocycles. The van der Waals surface area contributed by atoms with E-state index >= 15 is 0 Å². The summed E-state index contributed by atoms with van der Waals surface area (Å²) in [5.74, 6) is 0.616. The van der Waals surface area contributed by atoms with E-state index in [2.05, 4.69) is 0 Å². The SMILES string of the molecule is CN(CCCl)C(=O)Cc1ccsc1. The average Bonchev–Trinajstić information content (AvgIpc) is 2.57. The second kappa shape index (κ2) is 5.25. The van der Waals surface area contributed by atoms with Gasteiger partial charge in [-0.1, -0.05) is 0 Å². The Hall–Kier alpha value is -0.540. The number of carbonyl (C=O) groups excluding carboxylic acids is 1. The van der Waals surface area contributed by atoms with E-state index < -0.39 is 0 Å². The molecule has 4 heteroatoms. The van der Waals surface area contributed by atoms with Crippen molar-refractivity contribution in [2.75, 3.05) is 19.5 Å². The first-order valence-corrected chi connectivity index (χ1v) is 5.52. The van der Waals surface area contributed by atoms with Gasteiger partial charge in [0.2, 0.25) is 5.91 Å². The minimum Gasteiger partial charge on any atom is -0.344 e. The molecule has 0 fully saturated rings. The molecule has 0 N–H and O–H groups in total. The first kappa shape index (κ1) is 10.5. The van der Waals surface area contributed by atoms with Gasteiger partial charge in [-0.15, -0.1) is 11.6 Å². The first-order chi connectivity index (χ1) is 6.24. The van der Waals surface area contributed by atoms with E-state index in [1.54, 1.807) is 23.3 Å². The van der Waals surface area contributed by atoms with E-state index in [1.807, 2.05) is 16.8 Å². The monoisotopic (exact) mass is 217 g/mol. The molecule has 1 rings (SSSR count). The molecule has 0 spiro atoms. The summed E-state index contributed by atoms with van der Waals surface area (Å²) >= 11 is 7.14. The van der Waals surface area contributed by atoms with Crippen LogP contribution < -0.4 is 0 Å². The zero-order chi connectivity index (χ0) is 9.68. The molecule has 0 bridgehead atoms. The van der Waals surface area contributed by atoms with E-state index in [1.165, 1.54) is 0 Å². The predicted molar refractivity (Wildman–Crippen MR) is 56.4 cm³/mol. The number of hydrogen-bond acceptors (Lipinski definition) is 2. The van der Waals surface area contributed by atoms with Crippen LogP contribution in [0.2, 0.25) is 0 Å². The van der Waals surface area contributed by atoms with E-state index in [9.17, 15) is 4.79 Å². The first-order valence-electron chi connectivity index (χ1n) is 4.05. The standard InChI is InChI=1S/C9H12ClNOS/c1-11(4-3-10)9(12)6-8-2-5-13-7-8/h2,5,7H,3-4,6H2,1H3. The number of carbonyl (C=O) groups is 1. The molecular formula is C9H12ClNOS. The van der Waals surface area contributed by atoms with Crippen LogP contribution in [0.25, 0.3) is 0 Å². The lowest BCUT2D eigenvalue weighted by Crippen LogP contribution is -2.29. The van der Waals surface area contributed by atoms with Gasteiger partial charge in [0.25, 0.3) is 0 Å². The summed E-state index contributed by atoms with van der Waals surface area (Å²) in [6, 6.07) is 1.97. The van der Waals surface area contributed by atoms with Crippen LogP contribution in [0.5, 0.6) is 0 Å². The van der Waals surface area contributed by atoms with Crippen LogP contribution >= 0.6 is 22.9 Å². The third kappa shape index (κ3) is 3.36. The van der Waals surface area contributed by atoms with Crippen molar-refractivity contribution in [2.45, 2.75) is 6.42 Å². The Labute approximate surface area is 87.1 Å². The van der Waals surface area contributed by atoms with Gasteiger partial charge in [0.05, 0.1) is 6.42 Å². The normalized spacial score (nSPS) is 10.0. The fourth-order valence-electron chi connectivity index (χ4n) is 0.954. The molecule has 13 heavy (non-hydrogen) atoms. The van der Waals surface area contributed by atoms with Gasteiger partial charge < -0.3 is 4.90 Å². The smallest absolute Gasteiger partial charge is 0.226 e. The molecule has 2 nitrogen and oxygen atoms in total. The second-order valence-electron chi connectivity index (χ2n) is 2.81. The minimum absolute atomic E-state index is 0.124. The van der Waals surface area contributed by atoms with Crippen molar-refractivity contribution in [3.63, 3.8) is 0 Å². The largest absolute Gasteiger partial charge is 0.344 e. The van der Waals surface area contributed by atoms with Crippen LogP contribution in [0.15, 0.2) is 16.8 Å². The quantitative estimate of drug-likeness (QED) is 0.707. The molecule has 1 heterocycles. The lowest BCUT2D eigenvalue weighted by molar-refractivity contribution is -0.128. The summed E-state index contributed by atoms with van der Waals surface area (Å²) in [4.78, 5) is 13.1. The maximum Gasteiger partial charge on any atom is 0.226 e. The highest BCUT2D eigenvalue weighted by molar-refractivity contribution is 7.07. The molecule has 0 aromatic carbocycles. The topological polar surface area (TPSA) is 20.3 Å². The molecule has 0 aliphatic heterocycles. The third-order valence-electron chi connectivity index (χ3n) is 1.78. The van der Waals surface area contributed by atoms with Crippen LogP contribution in [0.4, 0.5) is 0 Å². The molecule has 0 aliphatic rings. The number of amides is 1. The molecular weight excluding hydrogens is 206 g/mol.